The molecule has 7 nitrogen and oxygen atoms in total. The molecule has 242 valence electrons. The lowest BCUT2D eigenvalue weighted by molar-refractivity contribution is -0.140. The molecule has 0 aliphatic carbocycles. The molecule has 0 spiro atoms. The summed E-state index contributed by atoms with van der Waals surface area (Å²) in [7, 11) is -4.17. The molecule has 0 bridgehead atoms. The van der Waals surface area contributed by atoms with E-state index in [1.807, 2.05) is 82.3 Å². The number of sulfonamides is 1. The van der Waals surface area contributed by atoms with Crippen molar-refractivity contribution in [2.45, 2.75) is 64.4 Å². The Morgan fingerprint density at radius 1 is 0.826 bits per heavy atom. The molecule has 0 aliphatic rings. The van der Waals surface area contributed by atoms with Crippen LogP contribution in [0.2, 0.25) is 5.02 Å². The first-order chi connectivity index (χ1) is 22.0. The first kappa shape index (κ1) is 34.7. The number of hydrogen-bond donors (Lipinski definition) is 1. The Morgan fingerprint density at radius 3 is 2.13 bits per heavy atom. The Kier molecular flexibility index (Phi) is 12.0. The Hall–Kier alpha value is -4.14. The largest absolute Gasteiger partial charge is 0.354 e. The summed E-state index contributed by atoms with van der Waals surface area (Å²) in [6.07, 6.45) is 1.95. The van der Waals surface area contributed by atoms with Gasteiger partial charge in [0, 0.05) is 24.5 Å². The number of amides is 2. The second kappa shape index (κ2) is 15.9. The van der Waals surface area contributed by atoms with Gasteiger partial charge in [-0.2, -0.15) is 0 Å². The number of benzene rings is 4. The minimum absolute atomic E-state index is 0.0780. The second-order valence-corrected chi connectivity index (χ2v) is 13.9. The molecule has 0 aliphatic heterocycles. The Balaban J connectivity index is 1.81. The fourth-order valence-electron chi connectivity index (χ4n) is 5.19. The van der Waals surface area contributed by atoms with Gasteiger partial charge in [-0.25, -0.2) is 8.42 Å². The maximum absolute atomic E-state index is 14.6. The minimum Gasteiger partial charge on any atom is -0.354 e. The molecular weight excluding hydrogens is 618 g/mol. The molecule has 0 saturated carbocycles. The molecule has 1 unspecified atom stereocenters. The van der Waals surface area contributed by atoms with E-state index in [-0.39, 0.29) is 23.8 Å². The van der Waals surface area contributed by atoms with Crippen LogP contribution in [0.1, 0.15) is 47.6 Å². The lowest BCUT2D eigenvalue weighted by Gasteiger charge is -2.34. The van der Waals surface area contributed by atoms with Crippen molar-refractivity contribution in [2.24, 2.45) is 0 Å². The molecule has 1 atom stereocenters. The van der Waals surface area contributed by atoms with Crippen molar-refractivity contribution in [3.63, 3.8) is 0 Å². The molecule has 0 fully saturated rings. The highest BCUT2D eigenvalue weighted by Gasteiger charge is 2.35. The molecule has 2 amide bonds. The van der Waals surface area contributed by atoms with Crippen LogP contribution in [-0.2, 0) is 32.6 Å². The molecule has 4 aromatic carbocycles. The Labute approximate surface area is 278 Å². The summed E-state index contributed by atoms with van der Waals surface area (Å²) in [6, 6.07) is 27.8. The van der Waals surface area contributed by atoms with Crippen molar-refractivity contribution in [1.82, 2.24) is 10.2 Å². The van der Waals surface area contributed by atoms with Gasteiger partial charge in [0.15, 0.2) is 0 Å². The lowest BCUT2D eigenvalue weighted by Crippen LogP contribution is -2.53. The van der Waals surface area contributed by atoms with Gasteiger partial charge >= 0.3 is 0 Å². The van der Waals surface area contributed by atoms with Crippen LogP contribution in [0.15, 0.2) is 102 Å². The van der Waals surface area contributed by atoms with Crippen molar-refractivity contribution < 1.29 is 18.0 Å². The highest BCUT2D eigenvalue weighted by Crippen LogP contribution is 2.29. The maximum atomic E-state index is 14.6. The number of carbonyl (C=O) groups excluding carboxylic acids is 2. The number of carbonyl (C=O) groups is 2. The van der Waals surface area contributed by atoms with Crippen LogP contribution in [-0.4, -0.2) is 44.3 Å². The standard InChI is InChI=1S/C37H42ClN3O4S/c1-5-6-22-39-37(43)35(24-30-10-8-7-9-11-30)40(25-31-16-18-32(38)19-17-31)36(42)26-41(34-23-28(3)12-15-29(34)4)46(44,45)33-20-13-27(2)14-21-33/h7-21,23,35H,5-6,22,24-26H2,1-4H3,(H,39,43). The Morgan fingerprint density at radius 2 is 1.48 bits per heavy atom. The summed E-state index contributed by atoms with van der Waals surface area (Å²) < 4.78 is 29.8. The van der Waals surface area contributed by atoms with Crippen LogP contribution in [0, 0.1) is 20.8 Å². The van der Waals surface area contributed by atoms with Crippen LogP contribution in [0.25, 0.3) is 0 Å². The summed E-state index contributed by atoms with van der Waals surface area (Å²) in [5.41, 5.74) is 4.53. The summed E-state index contributed by atoms with van der Waals surface area (Å²) in [5, 5.41) is 3.56. The SMILES string of the molecule is CCCCNC(=O)C(Cc1ccccc1)N(Cc1ccc(Cl)cc1)C(=O)CN(c1cc(C)ccc1C)S(=O)(=O)c1ccc(C)cc1. The van der Waals surface area contributed by atoms with Gasteiger partial charge in [0.25, 0.3) is 10.0 Å². The van der Waals surface area contributed by atoms with Gasteiger partial charge in [-0.1, -0.05) is 97.2 Å². The number of unbranched alkanes of at least 4 members (excludes halogenated alkanes) is 1. The van der Waals surface area contributed by atoms with E-state index in [1.165, 1.54) is 9.21 Å². The Bertz CT molecular complexity index is 1730. The van der Waals surface area contributed by atoms with Gasteiger partial charge in [0.2, 0.25) is 11.8 Å². The number of nitrogens with zero attached hydrogens (tertiary/aromatic N) is 2. The topological polar surface area (TPSA) is 86.8 Å². The molecule has 4 aromatic rings. The van der Waals surface area contributed by atoms with Crippen molar-refractivity contribution in [3.8, 4) is 0 Å². The van der Waals surface area contributed by atoms with Crippen LogP contribution >= 0.6 is 11.6 Å². The third kappa shape index (κ3) is 8.98. The third-order valence-electron chi connectivity index (χ3n) is 7.89. The van der Waals surface area contributed by atoms with E-state index in [1.54, 1.807) is 42.5 Å². The molecule has 0 heterocycles. The highest BCUT2D eigenvalue weighted by molar-refractivity contribution is 7.92. The molecule has 0 aromatic heterocycles. The summed E-state index contributed by atoms with van der Waals surface area (Å²) in [5.74, 6) is -0.794. The molecule has 46 heavy (non-hydrogen) atoms. The van der Waals surface area contributed by atoms with E-state index in [0.29, 0.717) is 22.8 Å². The summed E-state index contributed by atoms with van der Waals surface area (Å²) >= 11 is 6.17. The molecule has 0 radical (unpaired) electrons. The van der Waals surface area contributed by atoms with Crippen molar-refractivity contribution in [3.05, 3.63) is 130 Å². The summed E-state index contributed by atoms with van der Waals surface area (Å²) in [4.78, 5) is 30.0. The number of hydrogen-bond acceptors (Lipinski definition) is 4. The van der Waals surface area contributed by atoms with Gasteiger partial charge in [0.05, 0.1) is 10.6 Å². The molecule has 4 rings (SSSR count). The number of anilines is 1. The predicted molar refractivity (Wildman–Crippen MR) is 185 cm³/mol. The third-order valence-corrected chi connectivity index (χ3v) is 9.91. The van der Waals surface area contributed by atoms with E-state index >= 15 is 0 Å². The lowest BCUT2D eigenvalue weighted by atomic mass is 10.0. The second-order valence-electron chi connectivity index (χ2n) is 11.6. The molecule has 9 heteroatoms. The number of halogens is 1. The van der Waals surface area contributed by atoms with Crippen LogP contribution in [0.4, 0.5) is 5.69 Å². The number of nitrogens with one attached hydrogen (secondary N) is 1. The number of aryl methyl sites for hydroxylation is 3. The molecular formula is C37H42ClN3O4S. The van der Waals surface area contributed by atoms with E-state index in [9.17, 15) is 18.0 Å². The summed E-state index contributed by atoms with van der Waals surface area (Å²) in [6.45, 7) is 7.68. The zero-order chi connectivity index (χ0) is 33.3. The van der Waals surface area contributed by atoms with Gasteiger partial charge in [0.1, 0.15) is 12.6 Å². The van der Waals surface area contributed by atoms with Gasteiger partial charge in [-0.3, -0.25) is 13.9 Å². The monoisotopic (exact) mass is 659 g/mol. The number of rotatable bonds is 14. The van der Waals surface area contributed by atoms with Gasteiger partial charge < -0.3 is 10.2 Å². The van der Waals surface area contributed by atoms with Crippen LogP contribution in [0.5, 0.6) is 0 Å². The first-order valence-electron chi connectivity index (χ1n) is 15.5. The average molecular weight is 660 g/mol. The van der Waals surface area contributed by atoms with Crippen LogP contribution in [0.3, 0.4) is 0 Å². The maximum Gasteiger partial charge on any atom is 0.264 e. The van der Waals surface area contributed by atoms with E-state index in [4.69, 9.17) is 11.6 Å². The first-order valence-corrected chi connectivity index (χ1v) is 17.3. The van der Waals surface area contributed by atoms with Gasteiger partial charge in [-0.15, -0.1) is 0 Å². The van der Waals surface area contributed by atoms with E-state index < -0.39 is 28.5 Å². The molecule has 0 saturated heterocycles. The van der Waals surface area contributed by atoms with E-state index in [0.717, 1.165) is 35.1 Å². The van der Waals surface area contributed by atoms with Crippen molar-refractivity contribution >= 4 is 39.1 Å². The fraction of sp³-hybridized carbons (Fsp3) is 0.297. The smallest absolute Gasteiger partial charge is 0.264 e. The highest BCUT2D eigenvalue weighted by atomic mass is 35.5. The fourth-order valence-corrected chi connectivity index (χ4v) is 6.78. The van der Waals surface area contributed by atoms with E-state index in [2.05, 4.69) is 5.32 Å². The normalized spacial score (nSPS) is 11.9. The van der Waals surface area contributed by atoms with Crippen molar-refractivity contribution in [2.75, 3.05) is 17.4 Å². The average Bonchev–Trinajstić information content (AvgIpc) is 3.04. The quantitative estimate of drug-likeness (QED) is 0.148. The van der Waals surface area contributed by atoms with Gasteiger partial charge in [-0.05, 0) is 79.8 Å². The zero-order valence-electron chi connectivity index (χ0n) is 26.9. The van der Waals surface area contributed by atoms with Crippen molar-refractivity contribution in [1.29, 1.82) is 0 Å². The predicted octanol–water partition coefficient (Wildman–Crippen LogP) is 7.02. The van der Waals surface area contributed by atoms with Crippen LogP contribution < -0.4 is 9.62 Å². The molecule has 1 N–H and O–H groups in total. The minimum atomic E-state index is -4.17. The zero-order valence-corrected chi connectivity index (χ0v) is 28.4.